The number of carbonyl (C=O) groups excluding carboxylic acids is 1. The van der Waals surface area contributed by atoms with Crippen molar-refractivity contribution in [2.45, 2.75) is 52.2 Å². The van der Waals surface area contributed by atoms with Gasteiger partial charge in [0.25, 0.3) is 5.91 Å². The lowest BCUT2D eigenvalue weighted by Crippen LogP contribution is -2.41. The summed E-state index contributed by atoms with van der Waals surface area (Å²) in [6.07, 6.45) is 2.31. The summed E-state index contributed by atoms with van der Waals surface area (Å²) in [6.45, 7) is 7.53. The van der Waals surface area contributed by atoms with Gasteiger partial charge in [-0.1, -0.05) is 26.0 Å². The molecule has 0 radical (unpaired) electrons. The van der Waals surface area contributed by atoms with Crippen molar-refractivity contribution in [3.63, 3.8) is 0 Å². The average Bonchev–Trinajstić information content (AvgIpc) is 3.12. The molecule has 1 aliphatic heterocycles. The number of carbonyl (C=O) groups is 1. The average molecular weight is 433 g/mol. The SMILES string of the molecule is CC(C)Cn1nc(C(=O)N2CCOCC2)c2c1CCC(NCc1cccc(F)c1F)C2. The van der Waals surface area contributed by atoms with Crippen LogP contribution in [0.1, 0.15) is 47.6 Å². The van der Waals surface area contributed by atoms with Crippen molar-refractivity contribution < 1.29 is 18.3 Å². The first-order chi connectivity index (χ1) is 14.9. The Morgan fingerprint density at radius 3 is 2.81 bits per heavy atom. The third-order valence-corrected chi connectivity index (χ3v) is 6.00. The highest BCUT2D eigenvalue weighted by molar-refractivity contribution is 5.94. The minimum atomic E-state index is -0.835. The largest absolute Gasteiger partial charge is 0.378 e. The summed E-state index contributed by atoms with van der Waals surface area (Å²) in [5.74, 6) is -1.26. The van der Waals surface area contributed by atoms with E-state index >= 15 is 0 Å². The minimum Gasteiger partial charge on any atom is -0.378 e. The van der Waals surface area contributed by atoms with Gasteiger partial charge in [-0.25, -0.2) is 8.78 Å². The summed E-state index contributed by atoms with van der Waals surface area (Å²) in [5, 5.41) is 8.09. The molecular weight excluding hydrogens is 402 g/mol. The Labute approximate surface area is 181 Å². The molecule has 0 saturated carbocycles. The van der Waals surface area contributed by atoms with Crippen molar-refractivity contribution >= 4 is 5.91 Å². The van der Waals surface area contributed by atoms with E-state index in [0.29, 0.717) is 49.9 Å². The summed E-state index contributed by atoms with van der Waals surface area (Å²) in [5.41, 5.74) is 2.95. The number of amides is 1. The predicted octanol–water partition coefficient (Wildman–Crippen LogP) is 2.94. The molecular formula is C23H30F2N4O2. The van der Waals surface area contributed by atoms with Crippen molar-refractivity contribution in [3.8, 4) is 0 Å². The number of rotatable bonds is 6. The lowest BCUT2D eigenvalue weighted by molar-refractivity contribution is 0.0297. The predicted molar refractivity (Wildman–Crippen MR) is 113 cm³/mol. The molecule has 31 heavy (non-hydrogen) atoms. The number of hydrogen-bond acceptors (Lipinski definition) is 4. The highest BCUT2D eigenvalue weighted by atomic mass is 19.2. The topological polar surface area (TPSA) is 59.4 Å². The van der Waals surface area contributed by atoms with Gasteiger partial charge in [0.2, 0.25) is 0 Å². The highest BCUT2D eigenvalue weighted by Crippen LogP contribution is 2.27. The molecule has 2 heterocycles. The maximum absolute atomic E-state index is 14.0. The molecule has 1 saturated heterocycles. The molecule has 2 aromatic rings. The van der Waals surface area contributed by atoms with Gasteiger partial charge >= 0.3 is 0 Å². The fraction of sp³-hybridized carbons (Fsp3) is 0.565. The first-order valence-corrected chi connectivity index (χ1v) is 11.1. The zero-order valence-electron chi connectivity index (χ0n) is 18.2. The molecule has 0 bridgehead atoms. The van der Waals surface area contributed by atoms with Gasteiger partial charge < -0.3 is 15.0 Å². The molecule has 8 heteroatoms. The van der Waals surface area contributed by atoms with E-state index in [9.17, 15) is 13.6 Å². The maximum atomic E-state index is 14.0. The fourth-order valence-corrected chi connectivity index (χ4v) is 4.39. The van der Waals surface area contributed by atoms with E-state index in [1.165, 1.54) is 6.07 Å². The van der Waals surface area contributed by atoms with Gasteiger partial charge in [0.1, 0.15) is 0 Å². The van der Waals surface area contributed by atoms with Gasteiger partial charge in [-0.05, 0) is 31.2 Å². The Bertz CT molecular complexity index is 938. The Balaban J connectivity index is 1.53. The summed E-state index contributed by atoms with van der Waals surface area (Å²) >= 11 is 0. The summed E-state index contributed by atoms with van der Waals surface area (Å²) in [4.78, 5) is 15.0. The second kappa shape index (κ2) is 9.44. The monoisotopic (exact) mass is 432 g/mol. The van der Waals surface area contributed by atoms with Gasteiger partial charge in [0.15, 0.2) is 17.3 Å². The first kappa shape index (κ1) is 21.9. The van der Waals surface area contributed by atoms with Crippen LogP contribution in [0.4, 0.5) is 8.78 Å². The number of halogens is 2. The molecule has 168 valence electrons. The van der Waals surface area contributed by atoms with E-state index in [-0.39, 0.29) is 18.5 Å². The van der Waals surface area contributed by atoms with Crippen LogP contribution in [0.25, 0.3) is 0 Å². The molecule has 2 aliphatic rings. The normalized spacial score (nSPS) is 19.0. The maximum Gasteiger partial charge on any atom is 0.274 e. The number of hydrogen-bond donors (Lipinski definition) is 1. The van der Waals surface area contributed by atoms with Crippen LogP contribution in [0, 0.1) is 17.6 Å². The Morgan fingerprint density at radius 2 is 2.06 bits per heavy atom. The van der Waals surface area contributed by atoms with Gasteiger partial charge in [0, 0.05) is 49.0 Å². The van der Waals surface area contributed by atoms with Gasteiger partial charge in [0.05, 0.1) is 13.2 Å². The molecule has 1 aliphatic carbocycles. The fourth-order valence-electron chi connectivity index (χ4n) is 4.39. The van der Waals surface area contributed by atoms with Crippen LogP contribution >= 0.6 is 0 Å². The first-order valence-electron chi connectivity index (χ1n) is 11.1. The Hall–Kier alpha value is -2.32. The number of aromatic nitrogens is 2. The molecule has 1 aromatic heterocycles. The third kappa shape index (κ3) is 4.80. The smallest absolute Gasteiger partial charge is 0.274 e. The van der Waals surface area contributed by atoms with Crippen LogP contribution in [0.5, 0.6) is 0 Å². The van der Waals surface area contributed by atoms with Crippen LogP contribution in [0.3, 0.4) is 0 Å². The number of nitrogens with one attached hydrogen (secondary N) is 1. The molecule has 6 nitrogen and oxygen atoms in total. The molecule has 1 atom stereocenters. The number of morpholine rings is 1. The van der Waals surface area contributed by atoms with E-state index in [0.717, 1.165) is 36.7 Å². The molecule has 1 fully saturated rings. The standard InChI is InChI=1S/C23H30F2N4O2/c1-15(2)14-29-20-7-6-17(26-13-16-4-3-5-19(24)21(16)25)12-18(20)22(27-29)23(30)28-8-10-31-11-9-28/h3-5,15,17,26H,6-14H2,1-2H3. The lowest BCUT2D eigenvalue weighted by Gasteiger charge is -2.28. The van der Waals surface area contributed by atoms with Crippen molar-refractivity contribution in [1.82, 2.24) is 20.0 Å². The van der Waals surface area contributed by atoms with Crippen LogP contribution in [0.15, 0.2) is 18.2 Å². The van der Waals surface area contributed by atoms with E-state index in [2.05, 4.69) is 19.2 Å². The number of nitrogens with zero attached hydrogens (tertiary/aromatic N) is 3. The zero-order valence-corrected chi connectivity index (χ0v) is 18.2. The number of benzene rings is 1. The van der Waals surface area contributed by atoms with Crippen molar-refractivity contribution in [2.24, 2.45) is 5.92 Å². The van der Waals surface area contributed by atoms with Crippen molar-refractivity contribution in [2.75, 3.05) is 26.3 Å². The van der Waals surface area contributed by atoms with E-state index in [1.54, 1.807) is 6.07 Å². The van der Waals surface area contributed by atoms with Crippen molar-refractivity contribution in [3.05, 3.63) is 52.3 Å². The molecule has 1 unspecified atom stereocenters. The van der Waals surface area contributed by atoms with Crippen molar-refractivity contribution in [1.29, 1.82) is 0 Å². The third-order valence-electron chi connectivity index (χ3n) is 6.00. The number of fused-ring (bicyclic) bond motifs is 1. The summed E-state index contributed by atoms with van der Waals surface area (Å²) < 4.78 is 34.9. The Kier molecular flexibility index (Phi) is 6.67. The summed E-state index contributed by atoms with van der Waals surface area (Å²) in [6, 6.07) is 4.30. The quantitative estimate of drug-likeness (QED) is 0.763. The minimum absolute atomic E-state index is 0.0427. The van der Waals surface area contributed by atoms with Gasteiger partial charge in [-0.3, -0.25) is 9.48 Å². The number of ether oxygens (including phenoxy) is 1. The second-order valence-electron chi connectivity index (χ2n) is 8.79. The lowest BCUT2D eigenvalue weighted by atomic mass is 9.90. The molecule has 1 amide bonds. The van der Waals surface area contributed by atoms with Crippen LogP contribution < -0.4 is 5.32 Å². The van der Waals surface area contributed by atoms with Gasteiger partial charge in [-0.15, -0.1) is 0 Å². The second-order valence-corrected chi connectivity index (χ2v) is 8.79. The molecule has 0 spiro atoms. The van der Waals surface area contributed by atoms with E-state index in [1.807, 2.05) is 9.58 Å². The van der Waals surface area contributed by atoms with Gasteiger partial charge in [-0.2, -0.15) is 5.10 Å². The van der Waals surface area contributed by atoms with Crippen LogP contribution in [0.2, 0.25) is 0 Å². The van der Waals surface area contributed by atoms with E-state index < -0.39 is 11.6 Å². The molecule has 4 rings (SSSR count). The zero-order chi connectivity index (χ0) is 22.0. The Morgan fingerprint density at radius 1 is 1.29 bits per heavy atom. The van der Waals surface area contributed by atoms with Crippen LogP contribution in [-0.2, 0) is 30.7 Å². The van der Waals surface area contributed by atoms with Crippen LogP contribution in [-0.4, -0.2) is 52.9 Å². The van der Waals surface area contributed by atoms with E-state index in [4.69, 9.17) is 9.84 Å². The highest BCUT2D eigenvalue weighted by Gasteiger charge is 2.31. The summed E-state index contributed by atoms with van der Waals surface area (Å²) in [7, 11) is 0. The molecule has 1 N–H and O–H groups in total. The molecule has 1 aromatic carbocycles.